The third-order valence-corrected chi connectivity index (χ3v) is 5.06. The van der Waals surface area contributed by atoms with Crippen molar-refractivity contribution in [3.05, 3.63) is 89.2 Å². The minimum absolute atomic E-state index is 0. The standard InChI is InChI=1S/C21H19N3OS.ClH/c1-2-4-20-19(3-1)24-21(26-20)14-23-13-16-5-7-18(8-6-16)25-15-17-9-11-22-12-10-17;/h1-12,23H,13-15H2;1H. The highest BCUT2D eigenvalue weighted by atomic mass is 35.5. The molecule has 0 bridgehead atoms. The van der Waals surface area contributed by atoms with Gasteiger partial charge in [0.05, 0.1) is 10.2 Å². The number of halogens is 1. The summed E-state index contributed by atoms with van der Waals surface area (Å²) in [6.45, 7) is 2.14. The summed E-state index contributed by atoms with van der Waals surface area (Å²) < 4.78 is 7.03. The molecule has 0 saturated heterocycles. The van der Waals surface area contributed by atoms with E-state index in [1.165, 1.54) is 10.3 Å². The first kappa shape index (κ1) is 19.3. The molecule has 27 heavy (non-hydrogen) atoms. The maximum absolute atomic E-state index is 5.80. The zero-order valence-corrected chi connectivity index (χ0v) is 16.3. The third kappa shape index (κ3) is 5.26. The monoisotopic (exact) mass is 397 g/mol. The Morgan fingerprint density at radius 3 is 2.41 bits per heavy atom. The van der Waals surface area contributed by atoms with Crippen molar-refractivity contribution in [1.82, 2.24) is 15.3 Å². The molecule has 0 aliphatic carbocycles. The first-order chi connectivity index (χ1) is 12.9. The van der Waals surface area contributed by atoms with Crippen molar-refractivity contribution in [1.29, 1.82) is 0 Å². The van der Waals surface area contributed by atoms with Crippen LogP contribution in [0.5, 0.6) is 5.75 Å². The quantitative estimate of drug-likeness (QED) is 0.477. The second-order valence-electron chi connectivity index (χ2n) is 5.97. The average Bonchev–Trinajstić information content (AvgIpc) is 3.11. The Morgan fingerprint density at radius 1 is 0.852 bits per heavy atom. The van der Waals surface area contributed by atoms with Gasteiger partial charge in [0, 0.05) is 25.5 Å². The van der Waals surface area contributed by atoms with E-state index in [4.69, 9.17) is 4.74 Å². The van der Waals surface area contributed by atoms with Crippen LogP contribution in [-0.2, 0) is 19.7 Å². The molecule has 2 aromatic heterocycles. The van der Waals surface area contributed by atoms with Crippen LogP contribution in [0.25, 0.3) is 10.2 Å². The molecule has 4 aromatic rings. The summed E-state index contributed by atoms with van der Waals surface area (Å²) in [6, 6.07) is 20.4. The number of nitrogens with one attached hydrogen (secondary N) is 1. The maximum Gasteiger partial charge on any atom is 0.119 e. The van der Waals surface area contributed by atoms with E-state index in [2.05, 4.69) is 45.6 Å². The van der Waals surface area contributed by atoms with E-state index in [-0.39, 0.29) is 12.4 Å². The summed E-state index contributed by atoms with van der Waals surface area (Å²) in [6.07, 6.45) is 3.55. The van der Waals surface area contributed by atoms with Crippen molar-refractivity contribution >= 4 is 34.0 Å². The van der Waals surface area contributed by atoms with Gasteiger partial charge in [-0.2, -0.15) is 0 Å². The Morgan fingerprint density at radius 2 is 1.63 bits per heavy atom. The largest absolute Gasteiger partial charge is 0.489 e. The molecule has 0 saturated carbocycles. The zero-order chi connectivity index (χ0) is 17.6. The Balaban J connectivity index is 0.00000210. The predicted molar refractivity (Wildman–Crippen MR) is 112 cm³/mol. The van der Waals surface area contributed by atoms with Crippen LogP contribution in [0.3, 0.4) is 0 Å². The first-order valence-corrected chi connectivity index (χ1v) is 9.34. The van der Waals surface area contributed by atoms with Gasteiger partial charge in [0.1, 0.15) is 17.4 Å². The fourth-order valence-corrected chi connectivity index (χ4v) is 3.60. The molecule has 0 atom stereocenters. The molecule has 0 spiro atoms. The Kier molecular flexibility index (Phi) is 6.76. The molecule has 138 valence electrons. The van der Waals surface area contributed by atoms with Crippen LogP contribution < -0.4 is 10.1 Å². The van der Waals surface area contributed by atoms with Gasteiger partial charge in [-0.3, -0.25) is 4.98 Å². The summed E-state index contributed by atoms with van der Waals surface area (Å²) in [5, 5.41) is 4.57. The molecule has 2 heterocycles. The van der Waals surface area contributed by atoms with Gasteiger partial charge in [0.2, 0.25) is 0 Å². The number of fused-ring (bicyclic) bond motifs is 1. The minimum Gasteiger partial charge on any atom is -0.489 e. The van der Waals surface area contributed by atoms with Gasteiger partial charge in [0.15, 0.2) is 0 Å². The highest BCUT2D eigenvalue weighted by Gasteiger charge is 2.03. The van der Waals surface area contributed by atoms with Crippen molar-refractivity contribution in [2.75, 3.05) is 0 Å². The third-order valence-electron chi connectivity index (χ3n) is 4.02. The molecule has 2 aromatic carbocycles. The van der Waals surface area contributed by atoms with Gasteiger partial charge >= 0.3 is 0 Å². The van der Waals surface area contributed by atoms with Gasteiger partial charge in [-0.25, -0.2) is 4.98 Å². The van der Waals surface area contributed by atoms with Crippen LogP contribution >= 0.6 is 23.7 Å². The van der Waals surface area contributed by atoms with E-state index in [9.17, 15) is 0 Å². The van der Waals surface area contributed by atoms with Crippen molar-refractivity contribution < 1.29 is 4.74 Å². The van der Waals surface area contributed by atoms with E-state index in [0.717, 1.165) is 34.9 Å². The number of benzene rings is 2. The van der Waals surface area contributed by atoms with Crippen LogP contribution in [0.15, 0.2) is 73.1 Å². The molecule has 0 unspecified atom stereocenters. The SMILES string of the molecule is Cl.c1ccc2sc(CNCc3ccc(OCc4ccncc4)cc3)nc2c1. The summed E-state index contributed by atoms with van der Waals surface area (Å²) >= 11 is 1.74. The molecule has 0 aliphatic rings. The highest BCUT2D eigenvalue weighted by molar-refractivity contribution is 7.18. The van der Waals surface area contributed by atoms with Crippen LogP contribution in [0.2, 0.25) is 0 Å². The topological polar surface area (TPSA) is 47.0 Å². The molecule has 4 nitrogen and oxygen atoms in total. The molecular weight excluding hydrogens is 378 g/mol. The molecular formula is C21H20ClN3OS. The van der Waals surface area contributed by atoms with Gasteiger partial charge in [-0.05, 0) is 47.5 Å². The van der Waals surface area contributed by atoms with Crippen molar-refractivity contribution in [3.8, 4) is 5.75 Å². The lowest BCUT2D eigenvalue weighted by molar-refractivity contribution is 0.306. The second kappa shape index (κ2) is 9.46. The number of nitrogens with zero attached hydrogens (tertiary/aromatic N) is 2. The van der Waals surface area contributed by atoms with E-state index >= 15 is 0 Å². The van der Waals surface area contributed by atoms with E-state index in [1.54, 1.807) is 23.7 Å². The Bertz CT molecular complexity index is 941. The normalized spacial score (nSPS) is 10.5. The number of aromatic nitrogens is 2. The molecule has 0 amide bonds. The van der Waals surface area contributed by atoms with Crippen molar-refractivity contribution in [2.24, 2.45) is 0 Å². The fourth-order valence-electron chi connectivity index (χ4n) is 2.66. The lowest BCUT2D eigenvalue weighted by atomic mass is 10.2. The number of hydrogen-bond donors (Lipinski definition) is 1. The van der Waals surface area contributed by atoms with Crippen LogP contribution in [-0.4, -0.2) is 9.97 Å². The molecule has 0 radical (unpaired) electrons. The number of rotatable bonds is 7. The Labute approximate surface area is 168 Å². The maximum atomic E-state index is 5.80. The molecule has 0 aliphatic heterocycles. The number of thiazole rings is 1. The van der Waals surface area contributed by atoms with E-state index in [1.807, 2.05) is 30.3 Å². The number of pyridine rings is 1. The van der Waals surface area contributed by atoms with Crippen molar-refractivity contribution in [3.63, 3.8) is 0 Å². The van der Waals surface area contributed by atoms with Crippen LogP contribution in [0, 0.1) is 0 Å². The molecule has 4 rings (SSSR count). The van der Waals surface area contributed by atoms with Crippen LogP contribution in [0.1, 0.15) is 16.1 Å². The first-order valence-electron chi connectivity index (χ1n) is 8.53. The lowest BCUT2D eigenvalue weighted by Gasteiger charge is -2.08. The van der Waals surface area contributed by atoms with Gasteiger partial charge < -0.3 is 10.1 Å². The summed E-state index contributed by atoms with van der Waals surface area (Å²) in [7, 11) is 0. The molecule has 6 heteroatoms. The lowest BCUT2D eigenvalue weighted by Crippen LogP contribution is -2.12. The van der Waals surface area contributed by atoms with Gasteiger partial charge in [0.25, 0.3) is 0 Å². The van der Waals surface area contributed by atoms with Crippen LogP contribution in [0.4, 0.5) is 0 Å². The zero-order valence-electron chi connectivity index (χ0n) is 14.7. The Hall–Kier alpha value is -2.47. The van der Waals surface area contributed by atoms with E-state index < -0.39 is 0 Å². The van der Waals surface area contributed by atoms with E-state index in [0.29, 0.717) is 6.61 Å². The predicted octanol–water partition coefficient (Wildman–Crippen LogP) is 4.98. The summed E-state index contributed by atoms with van der Waals surface area (Å²) in [5.41, 5.74) is 3.41. The average molecular weight is 398 g/mol. The molecule has 0 fully saturated rings. The number of ether oxygens (including phenoxy) is 1. The second-order valence-corrected chi connectivity index (χ2v) is 7.08. The number of hydrogen-bond acceptors (Lipinski definition) is 5. The fraction of sp³-hybridized carbons (Fsp3) is 0.143. The highest BCUT2D eigenvalue weighted by Crippen LogP contribution is 2.21. The summed E-state index contributed by atoms with van der Waals surface area (Å²) in [4.78, 5) is 8.65. The minimum atomic E-state index is 0. The molecule has 1 N–H and O–H groups in total. The van der Waals surface area contributed by atoms with Gasteiger partial charge in [-0.1, -0.05) is 24.3 Å². The smallest absolute Gasteiger partial charge is 0.119 e. The van der Waals surface area contributed by atoms with Gasteiger partial charge in [-0.15, -0.1) is 23.7 Å². The summed E-state index contributed by atoms with van der Waals surface area (Å²) in [5.74, 6) is 0.872. The number of para-hydroxylation sites is 1. The van der Waals surface area contributed by atoms with Crippen molar-refractivity contribution in [2.45, 2.75) is 19.7 Å².